The molecule has 2 bridgehead atoms. The van der Waals surface area contributed by atoms with E-state index in [0.717, 1.165) is 24.9 Å². The van der Waals surface area contributed by atoms with Crippen molar-refractivity contribution in [3.8, 4) is 5.75 Å². The number of piperidine rings is 1. The van der Waals surface area contributed by atoms with E-state index in [1.165, 1.54) is 38.5 Å². The second-order valence-electron chi connectivity index (χ2n) is 8.22. The molecule has 2 aliphatic carbocycles. The van der Waals surface area contributed by atoms with Gasteiger partial charge in [-0.15, -0.1) is 0 Å². The van der Waals surface area contributed by atoms with Crippen LogP contribution in [0.2, 0.25) is 5.02 Å². The normalized spacial score (nSPS) is 32.4. The molecule has 4 heteroatoms. The Balaban J connectivity index is 1.50. The first-order chi connectivity index (χ1) is 12.1. The van der Waals surface area contributed by atoms with E-state index in [4.69, 9.17) is 16.3 Å². The lowest BCUT2D eigenvalue weighted by atomic mass is 9.67. The van der Waals surface area contributed by atoms with Crippen LogP contribution >= 0.6 is 11.6 Å². The van der Waals surface area contributed by atoms with Gasteiger partial charge in [0.1, 0.15) is 11.4 Å². The van der Waals surface area contributed by atoms with Crippen LogP contribution in [0.3, 0.4) is 0 Å². The molecule has 138 valence electrons. The Kier molecular flexibility index (Phi) is 4.98. The van der Waals surface area contributed by atoms with Crippen molar-refractivity contribution in [2.45, 2.75) is 63.1 Å². The minimum Gasteiger partial charge on any atom is -0.496 e. The van der Waals surface area contributed by atoms with Gasteiger partial charge in [-0.1, -0.05) is 24.4 Å². The summed E-state index contributed by atoms with van der Waals surface area (Å²) in [6.07, 6.45) is 9.38. The van der Waals surface area contributed by atoms with Gasteiger partial charge in [-0.3, -0.25) is 4.90 Å². The molecule has 2 nitrogen and oxygen atoms in total. The molecular formula is C21H29ClFNO. The summed E-state index contributed by atoms with van der Waals surface area (Å²) in [5, 5.41) is 0.581. The van der Waals surface area contributed by atoms with Gasteiger partial charge in [-0.25, -0.2) is 4.39 Å². The Labute approximate surface area is 155 Å². The van der Waals surface area contributed by atoms with Crippen LogP contribution in [0.4, 0.5) is 4.39 Å². The van der Waals surface area contributed by atoms with Gasteiger partial charge >= 0.3 is 0 Å². The third kappa shape index (κ3) is 3.30. The zero-order valence-corrected chi connectivity index (χ0v) is 15.9. The van der Waals surface area contributed by atoms with Crippen molar-refractivity contribution < 1.29 is 9.13 Å². The zero-order chi connectivity index (χ0) is 17.4. The molecule has 0 spiro atoms. The average Bonchev–Trinajstić information content (AvgIpc) is 2.62. The van der Waals surface area contributed by atoms with E-state index in [9.17, 15) is 0 Å². The molecule has 25 heavy (non-hydrogen) atoms. The first-order valence-corrected chi connectivity index (χ1v) is 10.3. The third-order valence-electron chi connectivity index (χ3n) is 6.92. The van der Waals surface area contributed by atoms with Gasteiger partial charge in [0, 0.05) is 29.7 Å². The van der Waals surface area contributed by atoms with Crippen molar-refractivity contribution in [1.29, 1.82) is 0 Å². The molecule has 3 aliphatic rings. The first kappa shape index (κ1) is 17.6. The molecule has 1 saturated heterocycles. The molecule has 1 heterocycles. The fraction of sp³-hybridized carbons (Fsp3) is 0.714. The highest BCUT2D eigenvalue weighted by Gasteiger charge is 2.45. The maximum absolute atomic E-state index is 15.8. The van der Waals surface area contributed by atoms with E-state index in [-0.39, 0.29) is 0 Å². The van der Waals surface area contributed by atoms with Gasteiger partial charge in [0.2, 0.25) is 0 Å². The number of hydrogen-bond donors (Lipinski definition) is 0. The lowest BCUT2D eigenvalue weighted by Gasteiger charge is -2.51. The summed E-state index contributed by atoms with van der Waals surface area (Å²) in [6.45, 7) is 1.70. The molecule has 0 radical (unpaired) electrons. The van der Waals surface area contributed by atoms with Crippen molar-refractivity contribution in [1.82, 2.24) is 4.90 Å². The number of likely N-dealkylation sites (tertiary alicyclic amines) is 1. The number of fused-ring (bicyclic) bond motifs is 2. The fourth-order valence-corrected chi connectivity index (χ4v) is 5.89. The number of halogens is 2. The van der Waals surface area contributed by atoms with Crippen molar-refractivity contribution in [2.24, 2.45) is 11.8 Å². The topological polar surface area (TPSA) is 12.5 Å². The second kappa shape index (κ2) is 7.08. The monoisotopic (exact) mass is 365 g/mol. The van der Waals surface area contributed by atoms with Crippen molar-refractivity contribution in [3.63, 3.8) is 0 Å². The van der Waals surface area contributed by atoms with Crippen molar-refractivity contribution in [3.05, 3.63) is 28.8 Å². The zero-order valence-electron chi connectivity index (χ0n) is 15.1. The van der Waals surface area contributed by atoms with Crippen LogP contribution in [-0.4, -0.2) is 31.1 Å². The molecule has 1 aromatic rings. The number of benzene rings is 1. The van der Waals surface area contributed by atoms with E-state index in [2.05, 4.69) is 4.90 Å². The number of hydrogen-bond acceptors (Lipinski definition) is 2. The SMILES string of the molecule is COc1ccc(Cl)cc1C1(F)CCN(C2C3CCCC2CCC3)CC1. The van der Waals surface area contributed by atoms with Crippen LogP contribution in [0.15, 0.2) is 18.2 Å². The Morgan fingerprint density at radius 3 is 2.24 bits per heavy atom. The number of rotatable bonds is 3. The van der Waals surface area contributed by atoms with Crippen molar-refractivity contribution in [2.75, 3.05) is 20.2 Å². The Bertz CT molecular complexity index is 592. The molecule has 0 N–H and O–H groups in total. The maximum Gasteiger partial charge on any atom is 0.142 e. The van der Waals surface area contributed by atoms with Gasteiger partial charge in [-0.2, -0.15) is 0 Å². The standard InChI is InChI=1S/C21H29ClFNO/c1-25-19-9-8-17(22)14-18(19)21(23)10-12-24(13-11-21)20-15-4-2-5-16(20)7-3-6-15/h8-9,14-16,20H,2-7,10-13H2,1H3. The summed E-state index contributed by atoms with van der Waals surface area (Å²) in [5.74, 6) is 2.32. The van der Waals surface area contributed by atoms with E-state index in [0.29, 0.717) is 35.2 Å². The van der Waals surface area contributed by atoms with E-state index in [1.54, 1.807) is 25.3 Å². The van der Waals surface area contributed by atoms with Crippen LogP contribution in [0.25, 0.3) is 0 Å². The molecule has 0 amide bonds. The molecule has 3 fully saturated rings. The number of nitrogens with zero attached hydrogens (tertiary/aromatic N) is 1. The average molecular weight is 366 g/mol. The molecule has 0 aromatic heterocycles. The van der Waals surface area contributed by atoms with Crippen LogP contribution < -0.4 is 4.74 Å². The third-order valence-corrected chi connectivity index (χ3v) is 7.16. The van der Waals surface area contributed by atoms with Crippen molar-refractivity contribution >= 4 is 11.6 Å². The summed E-state index contributed by atoms with van der Waals surface area (Å²) in [5.41, 5.74) is -0.692. The molecule has 1 aliphatic heterocycles. The minimum absolute atomic E-state index is 0.541. The maximum atomic E-state index is 15.8. The second-order valence-corrected chi connectivity index (χ2v) is 8.65. The smallest absolute Gasteiger partial charge is 0.142 e. The lowest BCUT2D eigenvalue weighted by Crippen LogP contribution is -2.54. The molecule has 0 atom stereocenters. The summed E-state index contributed by atoms with van der Waals surface area (Å²) in [7, 11) is 1.61. The van der Waals surface area contributed by atoms with E-state index in [1.807, 2.05) is 0 Å². The molecular weight excluding hydrogens is 337 g/mol. The van der Waals surface area contributed by atoms with E-state index >= 15 is 4.39 Å². The van der Waals surface area contributed by atoms with Gasteiger partial charge in [-0.05, 0) is 68.6 Å². The predicted octanol–water partition coefficient (Wildman–Crippen LogP) is 5.58. The first-order valence-electron chi connectivity index (χ1n) is 9.88. The highest BCUT2D eigenvalue weighted by Crippen LogP contribution is 2.47. The molecule has 1 aromatic carbocycles. The van der Waals surface area contributed by atoms with Gasteiger partial charge in [0.25, 0.3) is 0 Å². The van der Waals surface area contributed by atoms with Crippen LogP contribution in [0.5, 0.6) is 5.75 Å². The summed E-state index contributed by atoms with van der Waals surface area (Å²) >= 11 is 6.14. The van der Waals surface area contributed by atoms with Gasteiger partial charge in [0.15, 0.2) is 0 Å². The van der Waals surface area contributed by atoms with E-state index < -0.39 is 5.67 Å². The predicted molar refractivity (Wildman–Crippen MR) is 100 cm³/mol. The minimum atomic E-state index is -1.32. The number of ether oxygens (including phenoxy) is 1. The molecule has 4 rings (SSSR count). The molecule has 0 unspecified atom stereocenters. The Hall–Kier alpha value is -0.800. The van der Waals surface area contributed by atoms with Gasteiger partial charge < -0.3 is 4.74 Å². The highest BCUT2D eigenvalue weighted by molar-refractivity contribution is 6.30. The van der Waals surface area contributed by atoms with Crippen LogP contribution in [0, 0.1) is 11.8 Å². The molecule has 2 saturated carbocycles. The van der Waals surface area contributed by atoms with Crippen LogP contribution in [-0.2, 0) is 5.67 Å². The summed E-state index contributed by atoms with van der Waals surface area (Å²) < 4.78 is 21.2. The lowest BCUT2D eigenvalue weighted by molar-refractivity contribution is -0.0289. The highest BCUT2D eigenvalue weighted by atomic mass is 35.5. The summed E-state index contributed by atoms with van der Waals surface area (Å²) in [4.78, 5) is 2.61. The number of methoxy groups -OCH3 is 1. The van der Waals surface area contributed by atoms with Gasteiger partial charge in [0.05, 0.1) is 7.11 Å². The Morgan fingerprint density at radius 1 is 1.08 bits per heavy atom. The number of alkyl halides is 1. The summed E-state index contributed by atoms with van der Waals surface area (Å²) in [6, 6.07) is 6.02. The largest absolute Gasteiger partial charge is 0.496 e. The Morgan fingerprint density at radius 2 is 1.68 bits per heavy atom. The quantitative estimate of drug-likeness (QED) is 0.693. The van der Waals surface area contributed by atoms with Crippen LogP contribution in [0.1, 0.15) is 56.9 Å². The fourth-order valence-electron chi connectivity index (χ4n) is 5.71.